The van der Waals surface area contributed by atoms with E-state index in [0.29, 0.717) is 18.5 Å². The SMILES string of the molecule is CC(C)CCn1c(=O)c(C2=NS(=O)(=O)c3cc(N)ccc3N2)c(O)c2cc(F)ccc21. The molecule has 10 heteroatoms. The van der Waals surface area contributed by atoms with Crippen LogP contribution in [0.1, 0.15) is 25.8 Å². The van der Waals surface area contributed by atoms with Gasteiger partial charge in [0.05, 0.1) is 11.2 Å². The van der Waals surface area contributed by atoms with Crippen LogP contribution in [0, 0.1) is 11.7 Å². The van der Waals surface area contributed by atoms with E-state index in [4.69, 9.17) is 5.73 Å². The van der Waals surface area contributed by atoms with Gasteiger partial charge in [-0.2, -0.15) is 8.42 Å². The first-order valence-corrected chi connectivity index (χ1v) is 11.1. The molecule has 3 aromatic rings. The molecule has 2 heterocycles. The lowest BCUT2D eigenvalue weighted by molar-refractivity contribution is 0.473. The second-order valence-corrected chi connectivity index (χ2v) is 9.39. The fraction of sp³-hybridized carbons (Fsp3) is 0.238. The maximum absolute atomic E-state index is 13.9. The van der Waals surface area contributed by atoms with Gasteiger partial charge in [-0.3, -0.25) is 4.79 Å². The number of aryl methyl sites for hydroxylation is 1. The van der Waals surface area contributed by atoms with Gasteiger partial charge in [-0.15, -0.1) is 4.40 Å². The lowest BCUT2D eigenvalue weighted by Gasteiger charge is -2.21. The molecule has 0 amide bonds. The highest BCUT2D eigenvalue weighted by Crippen LogP contribution is 2.33. The van der Waals surface area contributed by atoms with E-state index in [1.54, 1.807) is 0 Å². The molecule has 1 aliphatic rings. The summed E-state index contributed by atoms with van der Waals surface area (Å²) < 4.78 is 44.5. The lowest BCUT2D eigenvalue weighted by atomic mass is 10.1. The van der Waals surface area contributed by atoms with Gasteiger partial charge in [0.25, 0.3) is 15.6 Å². The molecule has 31 heavy (non-hydrogen) atoms. The number of anilines is 2. The summed E-state index contributed by atoms with van der Waals surface area (Å²) in [6.07, 6.45) is 0.650. The molecule has 0 spiro atoms. The Bertz CT molecular complexity index is 1410. The third kappa shape index (κ3) is 3.63. The highest BCUT2D eigenvalue weighted by molar-refractivity contribution is 7.90. The summed E-state index contributed by atoms with van der Waals surface area (Å²) in [5.41, 5.74) is 5.47. The number of nitrogens with two attached hydrogens (primary N) is 1. The third-order valence-corrected chi connectivity index (χ3v) is 6.43. The average Bonchev–Trinajstić information content (AvgIpc) is 2.68. The summed E-state index contributed by atoms with van der Waals surface area (Å²) in [5.74, 6) is -1.19. The summed E-state index contributed by atoms with van der Waals surface area (Å²) in [6, 6.07) is 7.93. The second-order valence-electron chi connectivity index (χ2n) is 7.82. The molecule has 0 aliphatic carbocycles. The molecular formula is C21H21FN4O4S. The van der Waals surface area contributed by atoms with Crippen molar-refractivity contribution in [1.82, 2.24) is 4.57 Å². The van der Waals surface area contributed by atoms with Crippen molar-refractivity contribution in [3.63, 3.8) is 0 Å². The van der Waals surface area contributed by atoms with Crippen LogP contribution in [0.3, 0.4) is 0 Å². The normalized spacial score (nSPS) is 14.9. The van der Waals surface area contributed by atoms with Crippen LogP contribution in [0.4, 0.5) is 15.8 Å². The average molecular weight is 444 g/mol. The van der Waals surface area contributed by atoms with Crippen molar-refractivity contribution in [3.05, 3.63) is 58.1 Å². The fourth-order valence-corrected chi connectivity index (χ4v) is 4.68. The molecular weight excluding hydrogens is 423 g/mol. The summed E-state index contributed by atoms with van der Waals surface area (Å²) in [4.78, 5) is 13.2. The van der Waals surface area contributed by atoms with Crippen molar-refractivity contribution in [1.29, 1.82) is 0 Å². The number of pyridine rings is 1. The second kappa shape index (κ2) is 7.38. The summed E-state index contributed by atoms with van der Waals surface area (Å²) in [6.45, 7) is 4.30. The Morgan fingerprint density at radius 1 is 1.23 bits per heavy atom. The first kappa shape index (κ1) is 20.9. The molecule has 1 aliphatic heterocycles. The van der Waals surface area contributed by atoms with E-state index in [1.165, 1.54) is 34.9 Å². The van der Waals surface area contributed by atoms with Gasteiger partial charge in [-0.1, -0.05) is 13.8 Å². The molecule has 1 aromatic heterocycles. The Kier molecular flexibility index (Phi) is 4.97. The molecule has 4 N–H and O–H groups in total. The van der Waals surface area contributed by atoms with E-state index in [2.05, 4.69) is 9.71 Å². The number of nitrogens with one attached hydrogen (secondary N) is 1. The Morgan fingerprint density at radius 2 is 1.97 bits per heavy atom. The Balaban J connectivity index is 1.99. The quantitative estimate of drug-likeness (QED) is 0.531. The molecule has 0 bridgehead atoms. The third-order valence-electron chi connectivity index (χ3n) is 5.12. The van der Waals surface area contributed by atoms with Crippen molar-refractivity contribution in [2.24, 2.45) is 10.3 Å². The molecule has 0 saturated heterocycles. The number of benzene rings is 2. The van der Waals surface area contributed by atoms with E-state index in [-0.39, 0.29) is 39.0 Å². The highest BCUT2D eigenvalue weighted by atomic mass is 32.2. The van der Waals surface area contributed by atoms with Gasteiger partial charge in [0.15, 0.2) is 5.84 Å². The minimum absolute atomic E-state index is 0.0864. The maximum atomic E-state index is 13.9. The minimum atomic E-state index is -4.18. The minimum Gasteiger partial charge on any atom is -0.506 e. The largest absolute Gasteiger partial charge is 0.506 e. The van der Waals surface area contributed by atoms with E-state index in [0.717, 1.165) is 6.07 Å². The van der Waals surface area contributed by atoms with Crippen LogP contribution in [0.25, 0.3) is 10.9 Å². The van der Waals surface area contributed by atoms with Gasteiger partial charge in [-0.05, 0) is 48.7 Å². The molecule has 0 atom stereocenters. The van der Waals surface area contributed by atoms with Crippen LogP contribution in [-0.4, -0.2) is 23.9 Å². The van der Waals surface area contributed by atoms with E-state index in [1.807, 2.05) is 13.8 Å². The van der Waals surface area contributed by atoms with E-state index < -0.39 is 27.1 Å². The smallest absolute Gasteiger partial charge is 0.286 e. The van der Waals surface area contributed by atoms with Crippen molar-refractivity contribution in [3.8, 4) is 5.75 Å². The van der Waals surface area contributed by atoms with Gasteiger partial charge in [0.2, 0.25) is 0 Å². The molecule has 8 nitrogen and oxygen atoms in total. The number of nitrogen functional groups attached to an aromatic ring is 1. The molecule has 0 saturated carbocycles. The zero-order valence-corrected chi connectivity index (χ0v) is 17.7. The molecule has 162 valence electrons. The number of hydrogen-bond acceptors (Lipinski definition) is 6. The van der Waals surface area contributed by atoms with Crippen molar-refractivity contribution >= 4 is 38.1 Å². The topological polar surface area (TPSA) is 127 Å². The molecule has 0 unspecified atom stereocenters. The molecule has 2 aromatic carbocycles. The Morgan fingerprint density at radius 3 is 2.68 bits per heavy atom. The summed E-state index contributed by atoms with van der Waals surface area (Å²) >= 11 is 0. The van der Waals surface area contributed by atoms with Crippen LogP contribution >= 0.6 is 0 Å². The predicted octanol–water partition coefficient (Wildman–Crippen LogP) is 3.04. The summed E-state index contributed by atoms with van der Waals surface area (Å²) in [5, 5.41) is 13.7. The van der Waals surface area contributed by atoms with Crippen molar-refractivity contribution < 1.29 is 17.9 Å². The number of rotatable bonds is 4. The first-order valence-electron chi connectivity index (χ1n) is 9.65. The fourth-order valence-electron chi connectivity index (χ4n) is 3.52. The first-order chi connectivity index (χ1) is 14.6. The standard InChI is InChI=1S/C21H21FN4O4S/c1-11(2)7-8-26-16-6-3-12(22)9-14(16)19(27)18(21(26)28)20-24-15-5-4-13(23)10-17(15)31(29,30)25-20/h3-6,9-11,27H,7-8,23H2,1-2H3,(H,24,25). The van der Waals surface area contributed by atoms with Crippen LogP contribution in [0.15, 0.2) is 50.5 Å². The van der Waals surface area contributed by atoms with Gasteiger partial charge < -0.3 is 20.7 Å². The van der Waals surface area contributed by atoms with Crippen molar-refractivity contribution in [2.75, 3.05) is 11.1 Å². The van der Waals surface area contributed by atoms with Crippen LogP contribution < -0.4 is 16.6 Å². The molecule has 0 radical (unpaired) electrons. The highest BCUT2D eigenvalue weighted by Gasteiger charge is 2.30. The number of nitrogens with zero attached hydrogens (tertiary/aromatic N) is 2. The Labute approximate surface area is 177 Å². The Hall–Kier alpha value is -3.40. The number of sulfonamides is 1. The number of hydrogen-bond donors (Lipinski definition) is 3. The zero-order valence-electron chi connectivity index (χ0n) is 16.9. The summed E-state index contributed by atoms with van der Waals surface area (Å²) in [7, 11) is -4.18. The van der Waals surface area contributed by atoms with Gasteiger partial charge in [-0.25, -0.2) is 4.39 Å². The van der Waals surface area contributed by atoms with E-state index in [9.17, 15) is 22.7 Å². The van der Waals surface area contributed by atoms with Gasteiger partial charge >= 0.3 is 0 Å². The predicted molar refractivity (Wildman–Crippen MR) is 117 cm³/mol. The molecule has 0 fully saturated rings. The number of aromatic hydroxyl groups is 1. The van der Waals surface area contributed by atoms with Crippen LogP contribution in [0.2, 0.25) is 0 Å². The lowest BCUT2D eigenvalue weighted by Crippen LogP contribution is -2.33. The van der Waals surface area contributed by atoms with E-state index >= 15 is 0 Å². The number of aromatic nitrogens is 1. The number of halogens is 1. The van der Waals surface area contributed by atoms with Crippen LogP contribution in [-0.2, 0) is 16.6 Å². The van der Waals surface area contributed by atoms with Gasteiger partial charge in [0.1, 0.15) is 22.0 Å². The number of fused-ring (bicyclic) bond motifs is 2. The van der Waals surface area contributed by atoms with Gasteiger partial charge in [0, 0.05) is 17.6 Å². The van der Waals surface area contributed by atoms with Crippen LogP contribution in [0.5, 0.6) is 5.75 Å². The maximum Gasteiger partial charge on any atom is 0.286 e. The van der Waals surface area contributed by atoms with Crippen molar-refractivity contribution in [2.45, 2.75) is 31.7 Å². The monoisotopic (exact) mass is 444 g/mol. The number of amidine groups is 1. The zero-order chi connectivity index (χ0) is 22.5. The molecule has 4 rings (SSSR count).